The highest BCUT2D eigenvalue weighted by Crippen LogP contribution is 2.18. The average Bonchev–Trinajstić information content (AvgIpc) is 3.47. The summed E-state index contributed by atoms with van der Waals surface area (Å²) in [7, 11) is 0. The molecule has 0 saturated carbocycles. The van der Waals surface area contributed by atoms with Gasteiger partial charge in [-0.25, -0.2) is 0 Å². The summed E-state index contributed by atoms with van der Waals surface area (Å²) in [6, 6.07) is 0. The van der Waals surface area contributed by atoms with E-state index >= 15 is 0 Å². The SMILES string of the molecule is CCCCCC/C=C\C/C=C\CCCCCCCC(=O)OCC(COC(=O)CCCCCCCCCCCCCCCCCCCCCCCCCC)OC(=O)CCCCCCCCCCCCC/C=C\C/C=C\CCCCCCC. The zero-order valence-corrected chi connectivity index (χ0v) is 54.6. The van der Waals surface area contributed by atoms with E-state index < -0.39 is 6.10 Å². The Morgan fingerprint density at radius 3 is 0.691 bits per heavy atom. The molecule has 0 heterocycles. The van der Waals surface area contributed by atoms with Gasteiger partial charge in [-0.15, -0.1) is 0 Å². The molecule has 0 spiro atoms. The largest absolute Gasteiger partial charge is 0.462 e. The summed E-state index contributed by atoms with van der Waals surface area (Å²) in [6.45, 7) is 6.67. The predicted octanol–water partition coefficient (Wildman–Crippen LogP) is 24.9. The van der Waals surface area contributed by atoms with Gasteiger partial charge in [0.05, 0.1) is 0 Å². The second kappa shape index (κ2) is 69.9. The monoisotopic (exact) mass is 1140 g/mol. The summed E-state index contributed by atoms with van der Waals surface area (Å²) < 4.78 is 17.0. The minimum absolute atomic E-state index is 0.0741. The lowest BCUT2D eigenvalue weighted by atomic mass is 10.0. The van der Waals surface area contributed by atoms with Crippen molar-refractivity contribution in [3.05, 3.63) is 48.6 Å². The highest BCUT2D eigenvalue weighted by molar-refractivity contribution is 5.71. The summed E-state index contributed by atoms with van der Waals surface area (Å²) in [6.07, 6.45) is 88.5. The third-order valence-electron chi connectivity index (χ3n) is 16.3. The minimum Gasteiger partial charge on any atom is -0.462 e. The van der Waals surface area contributed by atoms with Crippen LogP contribution in [0.3, 0.4) is 0 Å². The zero-order chi connectivity index (χ0) is 58.5. The first-order chi connectivity index (χ1) is 40.0. The van der Waals surface area contributed by atoms with Crippen LogP contribution in [-0.4, -0.2) is 37.2 Å². The summed E-state index contributed by atoms with van der Waals surface area (Å²) in [4.78, 5) is 38.5. The van der Waals surface area contributed by atoms with E-state index in [1.165, 1.54) is 270 Å². The maximum absolute atomic E-state index is 13.0. The number of hydrogen-bond acceptors (Lipinski definition) is 6. The van der Waals surface area contributed by atoms with Crippen molar-refractivity contribution >= 4 is 17.9 Å². The van der Waals surface area contributed by atoms with E-state index in [9.17, 15) is 14.4 Å². The number of hydrogen-bond donors (Lipinski definition) is 0. The van der Waals surface area contributed by atoms with Crippen molar-refractivity contribution in [2.75, 3.05) is 13.2 Å². The number of ether oxygens (including phenoxy) is 3. The van der Waals surface area contributed by atoms with Crippen LogP contribution in [0.15, 0.2) is 48.6 Å². The van der Waals surface area contributed by atoms with Crippen molar-refractivity contribution in [2.45, 2.75) is 399 Å². The van der Waals surface area contributed by atoms with Crippen molar-refractivity contribution < 1.29 is 28.6 Å². The number of rotatable bonds is 67. The number of allylic oxidation sites excluding steroid dienone is 8. The lowest BCUT2D eigenvalue weighted by molar-refractivity contribution is -0.167. The molecule has 0 aliphatic carbocycles. The Morgan fingerprint density at radius 1 is 0.247 bits per heavy atom. The van der Waals surface area contributed by atoms with Gasteiger partial charge in [-0.05, 0) is 83.5 Å². The van der Waals surface area contributed by atoms with Gasteiger partial charge in [-0.2, -0.15) is 0 Å². The fraction of sp³-hybridized carbons (Fsp3) is 0.853. The molecule has 0 aliphatic heterocycles. The van der Waals surface area contributed by atoms with Gasteiger partial charge < -0.3 is 14.2 Å². The van der Waals surface area contributed by atoms with E-state index in [4.69, 9.17) is 14.2 Å². The third-order valence-corrected chi connectivity index (χ3v) is 16.3. The summed E-state index contributed by atoms with van der Waals surface area (Å²) in [5.41, 5.74) is 0. The molecule has 1 atom stereocenters. The Labute approximate surface area is 505 Å². The molecular weight excluding hydrogens is 997 g/mol. The quantitative estimate of drug-likeness (QED) is 0.0261. The van der Waals surface area contributed by atoms with Crippen molar-refractivity contribution in [3.63, 3.8) is 0 Å². The molecule has 0 aromatic carbocycles. The molecule has 0 aromatic rings. The molecule has 81 heavy (non-hydrogen) atoms. The van der Waals surface area contributed by atoms with Crippen molar-refractivity contribution in [1.29, 1.82) is 0 Å². The first-order valence-electron chi connectivity index (χ1n) is 36.1. The maximum Gasteiger partial charge on any atom is 0.306 e. The molecule has 0 aliphatic rings. The average molecular weight is 1140 g/mol. The van der Waals surface area contributed by atoms with E-state index in [1.54, 1.807) is 0 Å². The Hall–Kier alpha value is -2.63. The molecule has 0 aromatic heterocycles. The van der Waals surface area contributed by atoms with Crippen LogP contribution in [0.4, 0.5) is 0 Å². The van der Waals surface area contributed by atoms with Crippen molar-refractivity contribution in [2.24, 2.45) is 0 Å². The van der Waals surface area contributed by atoms with Crippen LogP contribution in [0.1, 0.15) is 393 Å². The van der Waals surface area contributed by atoms with E-state index in [2.05, 4.69) is 69.4 Å². The Balaban J connectivity index is 4.30. The van der Waals surface area contributed by atoms with Gasteiger partial charge in [0.2, 0.25) is 0 Å². The van der Waals surface area contributed by atoms with Crippen LogP contribution < -0.4 is 0 Å². The molecule has 0 bridgehead atoms. The maximum atomic E-state index is 13.0. The van der Waals surface area contributed by atoms with Crippen LogP contribution in [-0.2, 0) is 28.6 Å². The van der Waals surface area contributed by atoms with Gasteiger partial charge in [0.15, 0.2) is 6.10 Å². The topological polar surface area (TPSA) is 78.9 Å². The standard InChI is InChI=1S/C75H138O6/c1-4-7-10-13-16-19-22-25-28-31-33-35-37-39-40-42-44-47-50-53-56-59-62-65-68-74(77)80-71-72(70-79-73(76)67-64-61-58-55-52-49-46-30-27-24-21-18-15-12-9-6-3)81-75(78)69-66-63-60-57-54-51-48-45-43-41-38-36-34-32-29-26-23-20-17-14-11-8-5-2/h21,23-24,26,30,32,34,46,72H,4-20,22,25,27-29,31,33,35-45,47-71H2,1-3H3/b24-21-,26-23-,34-32-,46-30-. The highest BCUT2D eigenvalue weighted by Gasteiger charge is 2.19. The first-order valence-corrected chi connectivity index (χ1v) is 36.1. The molecule has 6 heteroatoms. The number of unbranched alkanes of at least 4 members (excludes halogenated alkanes) is 48. The number of esters is 3. The van der Waals surface area contributed by atoms with Crippen LogP contribution in [0.2, 0.25) is 0 Å². The normalized spacial score (nSPS) is 12.3. The highest BCUT2D eigenvalue weighted by atomic mass is 16.6. The second-order valence-electron chi connectivity index (χ2n) is 24.5. The summed E-state index contributed by atoms with van der Waals surface area (Å²) >= 11 is 0. The number of carbonyl (C=O) groups excluding carboxylic acids is 3. The summed E-state index contributed by atoms with van der Waals surface area (Å²) in [5, 5.41) is 0. The number of carbonyl (C=O) groups is 3. The van der Waals surface area contributed by atoms with E-state index in [0.717, 1.165) is 83.5 Å². The van der Waals surface area contributed by atoms with Gasteiger partial charge >= 0.3 is 17.9 Å². The summed E-state index contributed by atoms with van der Waals surface area (Å²) in [5.74, 6) is -0.863. The molecule has 0 N–H and O–H groups in total. The second-order valence-corrected chi connectivity index (χ2v) is 24.5. The smallest absolute Gasteiger partial charge is 0.306 e. The zero-order valence-electron chi connectivity index (χ0n) is 54.6. The van der Waals surface area contributed by atoms with E-state index in [0.29, 0.717) is 19.3 Å². The lowest BCUT2D eigenvalue weighted by Gasteiger charge is -2.18. The Kier molecular flexibility index (Phi) is 67.6. The van der Waals surface area contributed by atoms with E-state index in [-0.39, 0.29) is 31.1 Å². The van der Waals surface area contributed by atoms with Crippen LogP contribution in [0, 0.1) is 0 Å². The molecule has 1 unspecified atom stereocenters. The molecule has 0 fully saturated rings. The van der Waals surface area contributed by atoms with Crippen LogP contribution in [0.5, 0.6) is 0 Å². The molecule has 0 amide bonds. The molecule has 0 radical (unpaired) electrons. The lowest BCUT2D eigenvalue weighted by Crippen LogP contribution is -2.30. The van der Waals surface area contributed by atoms with Gasteiger partial charge in [0, 0.05) is 19.3 Å². The van der Waals surface area contributed by atoms with Crippen LogP contribution >= 0.6 is 0 Å². The third kappa shape index (κ3) is 68.0. The van der Waals surface area contributed by atoms with Crippen molar-refractivity contribution in [3.8, 4) is 0 Å². The van der Waals surface area contributed by atoms with Gasteiger partial charge in [0.1, 0.15) is 13.2 Å². The van der Waals surface area contributed by atoms with Crippen LogP contribution in [0.25, 0.3) is 0 Å². The minimum atomic E-state index is -0.780. The first kappa shape index (κ1) is 78.4. The Morgan fingerprint density at radius 2 is 0.444 bits per heavy atom. The van der Waals surface area contributed by atoms with Gasteiger partial charge in [-0.1, -0.05) is 339 Å². The molecule has 0 rings (SSSR count). The van der Waals surface area contributed by atoms with Gasteiger partial charge in [-0.3, -0.25) is 14.4 Å². The molecule has 0 saturated heterocycles. The molecular formula is C75H138O6. The van der Waals surface area contributed by atoms with Crippen molar-refractivity contribution in [1.82, 2.24) is 0 Å². The van der Waals surface area contributed by atoms with E-state index in [1.807, 2.05) is 0 Å². The predicted molar refractivity (Wildman–Crippen MR) is 353 cm³/mol. The molecule has 6 nitrogen and oxygen atoms in total. The molecule has 474 valence electrons. The Bertz CT molecular complexity index is 1400. The fourth-order valence-corrected chi connectivity index (χ4v) is 10.9. The van der Waals surface area contributed by atoms with Gasteiger partial charge in [0.25, 0.3) is 0 Å². The fourth-order valence-electron chi connectivity index (χ4n) is 10.9.